The molecule has 1 unspecified atom stereocenters. The van der Waals surface area contributed by atoms with Crippen LogP contribution in [0.1, 0.15) is 49.6 Å². The molecule has 2 N–H and O–H groups in total. The van der Waals surface area contributed by atoms with Gasteiger partial charge in [-0.05, 0) is 56.0 Å². The Morgan fingerprint density at radius 2 is 1.87 bits per heavy atom. The van der Waals surface area contributed by atoms with Crippen molar-refractivity contribution >= 4 is 28.8 Å². The molecule has 9 heteroatoms. The number of nitrogens with one attached hydrogen (secondary N) is 1. The molecule has 2 saturated heterocycles. The molecular weight excluding hydrogens is 388 g/mol. The second-order valence-corrected chi connectivity index (χ2v) is 8.19. The number of carboxylic acids is 1. The van der Waals surface area contributed by atoms with E-state index < -0.39 is 17.9 Å². The van der Waals surface area contributed by atoms with E-state index in [2.05, 4.69) is 10.2 Å². The summed E-state index contributed by atoms with van der Waals surface area (Å²) in [5.74, 6) is -1.16. The average Bonchev–Trinajstić information content (AvgIpc) is 2.97. The number of hydrogen-bond acceptors (Lipinski definition) is 5. The van der Waals surface area contributed by atoms with E-state index in [4.69, 9.17) is 5.11 Å². The van der Waals surface area contributed by atoms with Gasteiger partial charge in [0.2, 0.25) is 11.8 Å². The van der Waals surface area contributed by atoms with Crippen LogP contribution in [-0.4, -0.2) is 56.6 Å². The number of carboxylic acid groups (broad SMARTS) is 1. The zero-order valence-electron chi connectivity index (χ0n) is 17.0. The summed E-state index contributed by atoms with van der Waals surface area (Å²) in [7, 11) is 1.70. The smallest absolute Gasteiger partial charge is 0.329 e. The predicted octanol–water partition coefficient (Wildman–Crippen LogP) is 0.972. The van der Waals surface area contributed by atoms with E-state index in [1.54, 1.807) is 11.6 Å². The van der Waals surface area contributed by atoms with Gasteiger partial charge in [-0.1, -0.05) is 6.07 Å². The van der Waals surface area contributed by atoms with E-state index in [9.17, 15) is 19.2 Å². The molecule has 0 spiro atoms. The molecule has 1 atom stereocenters. The third-order valence-electron chi connectivity index (χ3n) is 6.34. The summed E-state index contributed by atoms with van der Waals surface area (Å²) in [6.45, 7) is 2.28. The number of imide groups is 1. The minimum Gasteiger partial charge on any atom is -0.481 e. The number of fused-ring (bicyclic) bond motifs is 1. The van der Waals surface area contributed by atoms with Gasteiger partial charge in [-0.2, -0.15) is 0 Å². The first-order valence-electron chi connectivity index (χ1n) is 10.3. The summed E-state index contributed by atoms with van der Waals surface area (Å²) in [4.78, 5) is 49.6. The van der Waals surface area contributed by atoms with Crippen molar-refractivity contribution in [1.29, 1.82) is 0 Å². The van der Waals surface area contributed by atoms with Crippen LogP contribution in [0, 0.1) is 0 Å². The lowest BCUT2D eigenvalue weighted by Gasteiger charge is -2.31. The fourth-order valence-electron chi connectivity index (χ4n) is 4.61. The average molecular weight is 414 g/mol. The van der Waals surface area contributed by atoms with Gasteiger partial charge in [0, 0.05) is 20.0 Å². The lowest BCUT2D eigenvalue weighted by molar-refractivity contribution is -0.138. The highest BCUT2D eigenvalue weighted by molar-refractivity contribution is 6.00. The van der Waals surface area contributed by atoms with Crippen molar-refractivity contribution in [1.82, 2.24) is 19.4 Å². The molecule has 2 aliphatic heterocycles. The SMILES string of the molecule is Cn1c(=O)n(C2CCC(=O)NC2=O)c2ccc(C3CCN(CCC(=O)O)CC3)cc21. The molecule has 1 aromatic heterocycles. The van der Waals surface area contributed by atoms with Gasteiger partial charge >= 0.3 is 11.7 Å². The number of carbonyl (C=O) groups is 3. The fourth-order valence-corrected chi connectivity index (χ4v) is 4.61. The maximum atomic E-state index is 12.9. The zero-order chi connectivity index (χ0) is 21.4. The van der Waals surface area contributed by atoms with E-state index in [0.717, 1.165) is 37.0 Å². The van der Waals surface area contributed by atoms with Gasteiger partial charge in [0.15, 0.2) is 0 Å². The molecule has 2 fully saturated rings. The molecule has 2 amide bonds. The number of aromatic nitrogens is 2. The summed E-state index contributed by atoms with van der Waals surface area (Å²) in [5, 5.41) is 11.2. The Kier molecular flexibility index (Phi) is 5.46. The van der Waals surface area contributed by atoms with Crippen LogP contribution in [0.2, 0.25) is 0 Å². The highest BCUT2D eigenvalue weighted by Crippen LogP contribution is 2.31. The summed E-state index contributed by atoms with van der Waals surface area (Å²) in [6, 6.07) is 5.26. The zero-order valence-corrected chi connectivity index (χ0v) is 17.0. The molecule has 9 nitrogen and oxygen atoms in total. The number of imidazole rings is 1. The Morgan fingerprint density at radius 1 is 1.13 bits per heavy atom. The lowest BCUT2D eigenvalue weighted by Crippen LogP contribution is -2.44. The van der Waals surface area contributed by atoms with Crippen molar-refractivity contribution in [2.75, 3.05) is 19.6 Å². The van der Waals surface area contributed by atoms with Crippen molar-refractivity contribution in [3.63, 3.8) is 0 Å². The number of hydrogen-bond donors (Lipinski definition) is 2. The Hall–Kier alpha value is -2.94. The standard InChI is InChI=1S/C21H26N4O5/c1-23-17-12-14(13-6-9-24(10-7-13)11-8-19(27)28)2-3-15(17)25(21(23)30)16-4-5-18(26)22-20(16)29/h2-3,12-13,16H,4-11H2,1H3,(H,27,28)(H,22,26,29). The molecule has 160 valence electrons. The van der Waals surface area contributed by atoms with Gasteiger partial charge < -0.3 is 10.0 Å². The van der Waals surface area contributed by atoms with Gasteiger partial charge in [0.1, 0.15) is 6.04 Å². The summed E-state index contributed by atoms with van der Waals surface area (Å²) < 4.78 is 3.06. The molecule has 4 rings (SSSR count). The second-order valence-electron chi connectivity index (χ2n) is 8.19. The first-order chi connectivity index (χ1) is 14.3. The minimum atomic E-state index is -0.774. The maximum absolute atomic E-state index is 12.9. The van der Waals surface area contributed by atoms with Gasteiger partial charge in [0.25, 0.3) is 0 Å². The van der Waals surface area contributed by atoms with Crippen molar-refractivity contribution < 1.29 is 19.5 Å². The normalized spacial score (nSPS) is 21.2. The van der Waals surface area contributed by atoms with Crippen LogP contribution in [0.15, 0.2) is 23.0 Å². The van der Waals surface area contributed by atoms with Crippen LogP contribution in [0.25, 0.3) is 11.0 Å². The Balaban J connectivity index is 1.57. The lowest BCUT2D eigenvalue weighted by atomic mass is 9.89. The van der Waals surface area contributed by atoms with E-state index in [1.165, 1.54) is 4.57 Å². The molecule has 30 heavy (non-hydrogen) atoms. The second kappa shape index (κ2) is 8.06. The summed E-state index contributed by atoms with van der Waals surface area (Å²) >= 11 is 0. The Labute approximate surface area is 173 Å². The first-order valence-corrected chi connectivity index (χ1v) is 10.3. The molecule has 0 radical (unpaired) electrons. The third-order valence-corrected chi connectivity index (χ3v) is 6.34. The van der Waals surface area contributed by atoms with Crippen molar-refractivity contribution in [3.8, 4) is 0 Å². The van der Waals surface area contributed by atoms with Crippen molar-refractivity contribution in [2.45, 2.75) is 44.1 Å². The number of benzene rings is 1. The van der Waals surface area contributed by atoms with E-state index >= 15 is 0 Å². The topological polar surface area (TPSA) is 114 Å². The number of amides is 2. The molecule has 0 aliphatic carbocycles. The van der Waals surface area contributed by atoms with Crippen LogP contribution in [0.4, 0.5) is 0 Å². The summed E-state index contributed by atoms with van der Waals surface area (Å²) in [6.07, 6.45) is 2.57. The minimum absolute atomic E-state index is 0.159. The van der Waals surface area contributed by atoms with Crippen molar-refractivity contribution in [2.24, 2.45) is 7.05 Å². The molecule has 1 aromatic carbocycles. The van der Waals surface area contributed by atoms with Crippen LogP contribution in [-0.2, 0) is 21.4 Å². The number of carbonyl (C=O) groups excluding carboxylic acids is 2. The largest absolute Gasteiger partial charge is 0.481 e. The molecular formula is C21H26N4O5. The molecule has 0 saturated carbocycles. The number of rotatable bonds is 5. The quantitative estimate of drug-likeness (QED) is 0.705. The first kappa shape index (κ1) is 20.3. The van der Waals surface area contributed by atoms with E-state index in [-0.39, 0.29) is 24.4 Å². The van der Waals surface area contributed by atoms with Gasteiger partial charge in [-0.15, -0.1) is 0 Å². The van der Waals surface area contributed by atoms with Crippen LogP contribution in [0.3, 0.4) is 0 Å². The molecule has 3 heterocycles. The van der Waals surface area contributed by atoms with Gasteiger partial charge in [-0.3, -0.25) is 28.8 Å². The summed E-state index contributed by atoms with van der Waals surface area (Å²) in [5.41, 5.74) is 2.35. The highest BCUT2D eigenvalue weighted by Gasteiger charge is 2.31. The number of likely N-dealkylation sites (tertiary alicyclic amines) is 1. The Bertz CT molecular complexity index is 1060. The van der Waals surface area contributed by atoms with E-state index in [1.807, 2.05) is 18.2 Å². The number of piperidine rings is 2. The molecule has 0 bridgehead atoms. The van der Waals surface area contributed by atoms with Crippen molar-refractivity contribution in [3.05, 3.63) is 34.2 Å². The molecule has 2 aliphatic rings. The number of nitrogens with zero attached hydrogens (tertiary/aromatic N) is 3. The van der Waals surface area contributed by atoms with Gasteiger partial charge in [0.05, 0.1) is 17.5 Å². The van der Waals surface area contributed by atoms with Crippen LogP contribution >= 0.6 is 0 Å². The monoisotopic (exact) mass is 414 g/mol. The number of aliphatic carboxylic acids is 1. The van der Waals surface area contributed by atoms with Crippen LogP contribution < -0.4 is 11.0 Å². The molecule has 2 aromatic rings. The third kappa shape index (κ3) is 3.77. The van der Waals surface area contributed by atoms with Gasteiger partial charge in [-0.25, -0.2) is 4.79 Å². The fraction of sp³-hybridized carbons (Fsp3) is 0.524. The maximum Gasteiger partial charge on any atom is 0.329 e. The number of aryl methyl sites for hydroxylation is 1. The predicted molar refractivity (Wildman–Crippen MR) is 109 cm³/mol. The highest BCUT2D eigenvalue weighted by atomic mass is 16.4. The van der Waals surface area contributed by atoms with Crippen LogP contribution in [0.5, 0.6) is 0 Å². The Morgan fingerprint density at radius 3 is 2.53 bits per heavy atom. The van der Waals surface area contributed by atoms with E-state index in [0.29, 0.717) is 24.4 Å².